The van der Waals surface area contributed by atoms with E-state index in [2.05, 4.69) is 20.9 Å². The van der Waals surface area contributed by atoms with E-state index in [1.807, 2.05) is 43.3 Å². The van der Waals surface area contributed by atoms with Crippen LogP contribution >= 0.6 is 11.8 Å². The Hall–Kier alpha value is -3.28. The Morgan fingerprint density at radius 3 is 2.69 bits per heavy atom. The highest BCUT2D eigenvalue weighted by atomic mass is 32.2. The van der Waals surface area contributed by atoms with Crippen molar-refractivity contribution in [2.24, 2.45) is 29.6 Å². The van der Waals surface area contributed by atoms with Crippen LogP contribution in [0, 0.1) is 52.3 Å². The highest BCUT2D eigenvalue weighted by molar-refractivity contribution is 8.00. The van der Waals surface area contributed by atoms with E-state index in [9.17, 15) is 19.6 Å². The fourth-order valence-corrected chi connectivity index (χ4v) is 8.99. The first-order chi connectivity index (χ1) is 20.4. The standard InChI is InChI=1S/C31H41N7O3S/c1-2-38-27(14-22(16-33)30(40)34-12-11-32)42-29-25(28(29)31(38)41)17-35-23-8-5-9-24(15-23)36-26(39)19-37-13-10-20-6-3-4-7-21(20)18-37/h5,8-9,15,20-22,25,27-29,35H,2-4,6-7,10,12-14,17-19H2,1H3,(H,34,40)(H,36,39)/t20-,21-,22?,25?,27?,28?,29?/m1/s1. The molecule has 5 rings (SSSR count). The van der Waals surface area contributed by atoms with Gasteiger partial charge in [0, 0.05) is 48.6 Å². The molecule has 0 aromatic heterocycles. The number of anilines is 2. The van der Waals surface area contributed by atoms with Gasteiger partial charge in [0.05, 0.1) is 30.0 Å². The van der Waals surface area contributed by atoms with Gasteiger partial charge in [-0.05, 0) is 56.3 Å². The summed E-state index contributed by atoms with van der Waals surface area (Å²) in [7, 11) is 0. The summed E-state index contributed by atoms with van der Waals surface area (Å²) in [4.78, 5) is 42.5. The fourth-order valence-electron chi connectivity index (χ4n) is 7.06. The van der Waals surface area contributed by atoms with Gasteiger partial charge in [-0.15, -0.1) is 11.8 Å². The maximum Gasteiger partial charge on any atom is 0.238 e. The smallest absolute Gasteiger partial charge is 0.238 e. The lowest BCUT2D eigenvalue weighted by molar-refractivity contribution is -0.134. The first-order valence-corrected chi connectivity index (χ1v) is 16.2. The van der Waals surface area contributed by atoms with Gasteiger partial charge >= 0.3 is 0 Å². The van der Waals surface area contributed by atoms with Crippen LogP contribution in [0.1, 0.15) is 45.4 Å². The second-order valence-electron chi connectivity index (χ2n) is 12.0. The third-order valence-electron chi connectivity index (χ3n) is 9.35. The number of hydrogen-bond donors (Lipinski definition) is 3. The van der Waals surface area contributed by atoms with Crippen LogP contribution in [0.15, 0.2) is 24.3 Å². The minimum absolute atomic E-state index is 0.0132. The van der Waals surface area contributed by atoms with Crippen molar-refractivity contribution in [1.29, 1.82) is 10.5 Å². The minimum atomic E-state index is -0.915. The Labute approximate surface area is 252 Å². The number of fused-ring (bicyclic) bond motifs is 2. The van der Waals surface area contributed by atoms with Crippen LogP contribution in [-0.4, -0.2) is 77.4 Å². The van der Waals surface area contributed by atoms with Gasteiger partial charge in [-0.3, -0.25) is 19.3 Å². The number of nitrogens with zero attached hydrogens (tertiary/aromatic N) is 4. The van der Waals surface area contributed by atoms with E-state index in [-0.39, 0.29) is 47.2 Å². The lowest BCUT2D eigenvalue weighted by Crippen LogP contribution is -2.45. The molecule has 2 heterocycles. The molecule has 10 nitrogen and oxygen atoms in total. The molecular formula is C31H41N7O3S. The van der Waals surface area contributed by atoms with Crippen molar-refractivity contribution in [3.63, 3.8) is 0 Å². The summed E-state index contributed by atoms with van der Waals surface area (Å²) in [5.74, 6) is 0.354. The zero-order valence-corrected chi connectivity index (χ0v) is 25.1. The Morgan fingerprint density at radius 2 is 1.93 bits per heavy atom. The van der Waals surface area contributed by atoms with E-state index in [1.54, 1.807) is 16.7 Å². The van der Waals surface area contributed by atoms with Crippen LogP contribution < -0.4 is 16.0 Å². The van der Waals surface area contributed by atoms with Gasteiger partial charge < -0.3 is 20.9 Å². The van der Waals surface area contributed by atoms with Gasteiger partial charge in [0.2, 0.25) is 17.7 Å². The molecule has 3 N–H and O–H groups in total. The van der Waals surface area contributed by atoms with E-state index in [0.29, 0.717) is 19.6 Å². The molecule has 42 heavy (non-hydrogen) atoms. The number of hydrogen-bond acceptors (Lipinski definition) is 8. The van der Waals surface area contributed by atoms with Crippen molar-refractivity contribution in [1.82, 2.24) is 15.1 Å². The zero-order valence-electron chi connectivity index (χ0n) is 24.3. The molecule has 2 saturated carbocycles. The molecule has 2 aliphatic carbocycles. The summed E-state index contributed by atoms with van der Waals surface area (Å²) in [6, 6.07) is 11.6. The number of nitriles is 2. The number of likely N-dealkylation sites (tertiary alicyclic amines) is 1. The Kier molecular flexibility index (Phi) is 9.91. The third-order valence-corrected chi connectivity index (χ3v) is 11.1. The van der Waals surface area contributed by atoms with Gasteiger partial charge in [-0.1, -0.05) is 25.3 Å². The predicted molar refractivity (Wildman–Crippen MR) is 162 cm³/mol. The third kappa shape index (κ3) is 7.02. The van der Waals surface area contributed by atoms with Crippen LogP contribution in [0.4, 0.5) is 11.4 Å². The van der Waals surface area contributed by atoms with Crippen molar-refractivity contribution in [3.05, 3.63) is 24.3 Å². The maximum absolute atomic E-state index is 13.3. The maximum atomic E-state index is 13.3. The van der Waals surface area contributed by atoms with E-state index in [1.165, 1.54) is 32.1 Å². The Morgan fingerprint density at radius 1 is 1.14 bits per heavy atom. The van der Waals surface area contributed by atoms with Gasteiger partial charge in [0.15, 0.2) is 0 Å². The molecule has 1 aromatic rings. The molecule has 2 saturated heterocycles. The molecule has 0 spiro atoms. The minimum Gasteiger partial charge on any atom is -0.385 e. The van der Waals surface area contributed by atoms with Crippen LogP contribution in [0.5, 0.6) is 0 Å². The van der Waals surface area contributed by atoms with E-state index in [0.717, 1.165) is 36.3 Å². The van der Waals surface area contributed by atoms with Crippen molar-refractivity contribution >= 4 is 40.9 Å². The summed E-state index contributed by atoms with van der Waals surface area (Å²) in [5, 5.41) is 27.1. The molecule has 224 valence electrons. The Balaban J connectivity index is 1.11. The molecule has 3 amide bonds. The molecule has 1 aromatic carbocycles. The highest BCUT2D eigenvalue weighted by Gasteiger charge is 2.60. The van der Waals surface area contributed by atoms with E-state index < -0.39 is 11.8 Å². The quantitative estimate of drug-likeness (QED) is 0.333. The molecular weight excluding hydrogens is 550 g/mol. The van der Waals surface area contributed by atoms with Gasteiger partial charge in [0.25, 0.3) is 0 Å². The first-order valence-electron chi connectivity index (χ1n) is 15.3. The number of rotatable bonds is 11. The summed E-state index contributed by atoms with van der Waals surface area (Å²) in [6.07, 6.45) is 6.76. The number of piperidine rings is 1. The fraction of sp³-hybridized carbons (Fsp3) is 0.645. The lowest BCUT2D eigenvalue weighted by atomic mass is 9.75. The van der Waals surface area contributed by atoms with Crippen molar-refractivity contribution in [2.45, 2.75) is 56.1 Å². The summed E-state index contributed by atoms with van der Waals surface area (Å²) in [5.41, 5.74) is 1.64. The van der Waals surface area contributed by atoms with Crippen LogP contribution in [0.3, 0.4) is 0 Å². The van der Waals surface area contributed by atoms with Gasteiger partial charge in [-0.2, -0.15) is 10.5 Å². The van der Waals surface area contributed by atoms with Gasteiger partial charge in [-0.25, -0.2) is 0 Å². The molecule has 0 bridgehead atoms. The molecule has 11 heteroatoms. The normalized spacial score (nSPS) is 29.2. The molecule has 7 atom stereocenters. The average molecular weight is 592 g/mol. The summed E-state index contributed by atoms with van der Waals surface area (Å²) >= 11 is 1.67. The second-order valence-corrected chi connectivity index (χ2v) is 13.4. The number of carbonyl (C=O) groups excluding carboxylic acids is 3. The number of amides is 3. The molecule has 0 radical (unpaired) electrons. The Bertz CT molecular complexity index is 1250. The van der Waals surface area contributed by atoms with Gasteiger partial charge in [0.1, 0.15) is 12.5 Å². The predicted octanol–water partition coefficient (Wildman–Crippen LogP) is 3.25. The second kappa shape index (κ2) is 13.8. The van der Waals surface area contributed by atoms with Crippen molar-refractivity contribution in [2.75, 3.05) is 49.9 Å². The molecule has 2 aliphatic heterocycles. The monoisotopic (exact) mass is 591 g/mol. The number of thioether (sulfide) groups is 1. The topological polar surface area (TPSA) is 141 Å². The van der Waals surface area contributed by atoms with Crippen LogP contribution in [0.2, 0.25) is 0 Å². The highest BCUT2D eigenvalue weighted by Crippen LogP contribution is 2.55. The van der Waals surface area contributed by atoms with Crippen LogP contribution in [0.25, 0.3) is 0 Å². The average Bonchev–Trinajstić information content (AvgIpc) is 3.70. The van der Waals surface area contributed by atoms with E-state index >= 15 is 0 Å². The lowest BCUT2D eigenvalue weighted by Gasteiger charge is -2.41. The largest absolute Gasteiger partial charge is 0.385 e. The number of nitrogens with one attached hydrogen (secondary N) is 3. The first kappa shape index (κ1) is 30.2. The van der Waals surface area contributed by atoms with Crippen LogP contribution in [-0.2, 0) is 14.4 Å². The van der Waals surface area contributed by atoms with Crippen molar-refractivity contribution in [3.8, 4) is 12.1 Å². The molecule has 4 aliphatic rings. The summed E-state index contributed by atoms with van der Waals surface area (Å²) < 4.78 is 0. The summed E-state index contributed by atoms with van der Waals surface area (Å²) in [6.45, 7) is 5.35. The zero-order chi connectivity index (χ0) is 29.6. The van der Waals surface area contributed by atoms with E-state index in [4.69, 9.17) is 5.26 Å². The SMILES string of the molecule is CCN1C(=O)C2C(CNc3cccc(NC(=O)CN4CC[C@H]5CCCC[C@@H]5C4)c3)C2SC1CC(C#N)C(=O)NCC#N. The molecule has 4 fully saturated rings. The number of carbonyl (C=O) groups is 3. The molecule has 5 unspecified atom stereocenters. The van der Waals surface area contributed by atoms with Crippen molar-refractivity contribution < 1.29 is 14.4 Å². The number of benzene rings is 1.